The Kier molecular flexibility index (Phi) is 8.04. The summed E-state index contributed by atoms with van der Waals surface area (Å²) in [5, 5.41) is 5.04. The number of aromatic nitrogens is 1. The molecule has 0 bridgehead atoms. The molecule has 9 aromatic carbocycles. The van der Waals surface area contributed by atoms with Crippen molar-refractivity contribution in [2.45, 2.75) is 0 Å². The lowest BCUT2D eigenvalue weighted by Crippen LogP contribution is -2.11. The second-order valence-electron chi connectivity index (χ2n) is 14.5. The van der Waals surface area contributed by atoms with Crippen LogP contribution in [0.1, 0.15) is 0 Å². The van der Waals surface area contributed by atoms with Crippen LogP contribution in [-0.4, -0.2) is 4.57 Å². The fourth-order valence-corrected chi connectivity index (χ4v) is 9.74. The van der Waals surface area contributed by atoms with Crippen LogP contribution in [0, 0.1) is 0 Å². The first kappa shape index (κ1) is 33.2. The van der Waals surface area contributed by atoms with E-state index in [2.05, 4.69) is 228 Å². The summed E-state index contributed by atoms with van der Waals surface area (Å²) in [6.07, 6.45) is 0. The lowest BCUT2D eigenvalue weighted by atomic mass is 9.95. The molecule has 11 rings (SSSR count). The summed E-state index contributed by atoms with van der Waals surface area (Å²) in [4.78, 5) is 2.45. The molecule has 0 unspecified atom stereocenters. The maximum atomic E-state index is 2.45. The first-order valence-electron chi connectivity index (χ1n) is 19.4. The Morgan fingerprint density at radius 1 is 0.351 bits per heavy atom. The molecule has 3 heteroatoms. The van der Waals surface area contributed by atoms with Crippen LogP contribution in [0.5, 0.6) is 0 Å². The predicted octanol–water partition coefficient (Wildman–Crippen LogP) is 15.6. The Hall–Kier alpha value is -7.20. The molecule has 0 spiro atoms. The largest absolute Gasteiger partial charge is 0.310 e. The van der Waals surface area contributed by atoms with Gasteiger partial charge in [-0.3, -0.25) is 0 Å². The van der Waals surface area contributed by atoms with Gasteiger partial charge in [0.1, 0.15) is 0 Å². The average molecular weight is 745 g/mol. The molecule has 0 N–H and O–H groups in total. The monoisotopic (exact) mass is 744 g/mol. The van der Waals surface area contributed by atoms with Crippen molar-refractivity contribution in [2.24, 2.45) is 0 Å². The summed E-state index contributed by atoms with van der Waals surface area (Å²) < 4.78 is 5.00. The SMILES string of the molecule is c1ccc(-c2cccc(-c3cccc4c3c3cc(N(c5ccc6c(c5)sc5ccccc56)c5ccccc5-c5ccccc5)ccc3n4-c3ccccc3)c2)cc1. The Morgan fingerprint density at radius 3 is 1.81 bits per heavy atom. The summed E-state index contributed by atoms with van der Waals surface area (Å²) in [5.41, 5.74) is 14.0. The van der Waals surface area contributed by atoms with Gasteiger partial charge in [0, 0.05) is 53.6 Å². The van der Waals surface area contributed by atoms with Crippen molar-refractivity contribution < 1.29 is 0 Å². The maximum absolute atomic E-state index is 2.45. The molecule has 0 aliphatic carbocycles. The van der Waals surface area contributed by atoms with Crippen LogP contribution >= 0.6 is 11.3 Å². The van der Waals surface area contributed by atoms with Gasteiger partial charge in [-0.1, -0.05) is 152 Å². The average Bonchev–Trinajstić information content (AvgIpc) is 3.83. The van der Waals surface area contributed by atoms with Crippen molar-refractivity contribution in [2.75, 3.05) is 4.90 Å². The van der Waals surface area contributed by atoms with Crippen molar-refractivity contribution in [1.29, 1.82) is 0 Å². The van der Waals surface area contributed by atoms with Crippen LogP contribution in [0.3, 0.4) is 0 Å². The normalized spacial score (nSPS) is 11.5. The summed E-state index contributed by atoms with van der Waals surface area (Å²) >= 11 is 1.86. The molecule has 0 aliphatic rings. The molecule has 0 atom stereocenters. The highest BCUT2D eigenvalue weighted by molar-refractivity contribution is 7.25. The van der Waals surface area contributed by atoms with Crippen molar-refractivity contribution in [3.63, 3.8) is 0 Å². The molecule has 0 saturated heterocycles. The van der Waals surface area contributed by atoms with Gasteiger partial charge < -0.3 is 9.47 Å². The Labute approximate surface area is 335 Å². The Balaban J connectivity index is 1.19. The van der Waals surface area contributed by atoms with Crippen LogP contribution in [0.15, 0.2) is 218 Å². The lowest BCUT2D eigenvalue weighted by molar-refractivity contribution is 1.18. The van der Waals surface area contributed by atoms with E-state index in [1.165, 1.54) is 75.4 Å². The first-order chi connectivity index (χ1) is 28.3. The molecule has 2 aromatic heterocycles. The van der Waals surface area contributed by atoms with Crippen molar-refractivity contribution in [3.8, 4) is 39.1 Å². The number of benzene rings is 9. The van der Waals surface area contributed by atoms with Crippen molar-refractivity contribution in [3.05, 3.63) is 218 Å². The number of fused-ring (bicyclic) bond motifs is 6. The van der Waals surface area contributed by atoms with E-state index < -0.39 is 0 Å². The number of nitrogens with zero attached hydrogens (tertiary/aromatic N) is 2. The minimum atomic E-state index is 1.10. The van der Waals surface area contributed by atoms with E-state index in [9.17, 15) is 0 Å². The highest BCUT2D eigenvalue weighted by Gasteiger charge is 2.22. The van der Waals surface area contributed by atoms with Crippen LogP contribution in [0.2, 0.25) is 0 Å². The van der Waals surface area contributed by atoms with E-state index in [0.717, 1.165) is 22.7 Å². The molecule has 11 aromatic rings. The van der Waals surface area contributed by atoms with Gasteiger partial charge in [0.05, 0.1) is 16.7 Å². The molecular weight excluding hydrogens is 709 g/mol. The molecule has 2 nitrogen and oxygen atoms in total. The highest BCUT2D eigenvalue weighted by atomic mass is 32.1. The number of anilines is 3. The van der Waals surface area contributed by atoms with Crippen LogP contribution in [0.25, 0.3) is 81.0 Å². The quantitative estimate of drug-likeness (QED) is 0.158. The zero-order valence-corrected chi connectivity index (χ0v) is 31.9. The van der Waals surface area contributed by atoms with E-state index in [1.54, 1.807) is 0 Å². The first-order valence-corrected chi connectivity index (χ1v) is 20.2. The smallest absolute Gasteiger partial charge is 0.0547 e. The van der Waals surface area contributed by atoms with E-state index in [4.69, 9.17) is 0 Å². The second-order valence-corrected chi connectivity index (χ2v) is 15.6. The number of hydrogen-bond donors (Lipinski definition) is 0. The Bertz CT molecular complexity index is 3230. The zero-order valence-electron chi connectivity index (χ0n) is 31.1. The third kappa shape index (κ3) is 5.71. The molecule has 57 heavy (non-hydrogen) atoms. The van der Waals surface area contributed by atoms with Crippen LogP contribution in [0.4, 0.5) is 17.1 Å². The number of hydrogen-bond acceptors (Lipinski definition) is 2. The van der Waals surface area contributed by atoms with Gasteiger partial charge in [-0.15, -0.1) is 11.3 Å². The molecule has 0 amide bonds. The molecule has 0 fully saturated rings. The van der Waals surface area contributed by atoms with E-state index >= 15 is 0 Å². The third-order valence-corrected chi connectivity index (χ3v) is 12.3. The minimum Gasteiger partial charge on any atom is -0.310 e. The van der Waals surface area contributed by atoms with Crippen molar-refractivity contribution in [1.82, 2.24) is 4.57 Å². The molecule has 0 aliphatic heterocycles. The number of thiophene rings is 1. The highest BCUT2D eigenvalue weighted by Crippen LogP contribution is 2.46. The van der Waals surface area contributed by atoms with Gasteiger partial charge in [-0.25, -0.2) is 0 Å². The van der Waals surface area contributed by atoms with Gasteiger partial charge in [0.15, 0.2) is 0 Å². The zero-order chi connectivity index (χ0) is 37.7. The van der Waals surface area contributed by atoms with E-state index in [0.29, 0.717) is 0 Å². The van der Waals surface area contributed by atoms with Crippen LogP contribution < -0.4 is 4.90 Å². The number of rotatable bonds is 7. The maximum Gasteiger partial charge on any atom is 0.0547 e. The summed E-state index contributed by atoms with van der Waals surface area (Å²) in [5.74, 6) is 0. The van der Waals surface area contributed by atoms with Gasteiger partial charge in [0.25, 0.3) is 0 Å². The standard InChI is InChI=1S/C54H36N2S/c1-4-16-37(17-5-1)39-20-14-21-40(34-39)45-26-15-28-51-54(45)48-35-42(31-33-50(48)56(51)41-22-8-3-9-23-41)55(49-27-12-10-24-44(49)38-18-6-2-7-19-38)43-30-32-47-46-25-11-13-29-52(46)57-53(47)36-43/h1-36H. The van der Waals surface area contributed by atoms with Gasteiger partial charge in [-0.05, 0) is 94.5 Å². The van der Waals surface area contributed by atoms with Crippen molar-refractivity contribution >= 4 is 70.4 Å². The summed E-state index contributed by atoms with van der Waals surface area (Å²) in [7, 11) is 0. The second kappa shape index (κ2) is 13.8. The van der Waals surface area contributed by atoms with Gasteiger partial charge in [-0.2, -0.15) is 0 Å². The number of para-hydroxylation sites is 2. The van der Waals surface area contributed by atoms with E-state index in [-0.39, 0.29) is 0 Å². The molecule has 2 heterocycles. The molecule has 0 saturated carbocycles. The summed E-state index contributed by atoms with van der Waals surface area (Å²) in [6, 6.07) is 79.4. The molecular formula is C54H36N2S. The summed E-state index contributed by atoms with van der Waals surface area (Å²) in [6.45, 7) is 0. The van der Waals surface area contributed by atoms with Gasteiger partial charge >= 0.3 is 0 Å². The topological polar surface area (TPSA) is 8.17 Å². The van der Waals surface area contributed by atoms with E-state index in [1.807, 2.05) is 11.3 Å². The van der Waals surface area contributed by atoms with Crippen LogP contribution in [-0.2, 0) is 0 Å². The molecule has 0 radical (unpaired) electrons. The van der Waals surface area contributed by atoms with Gasteiger partial charge in [0.2, 0.25) is 0 Å². The molecule has 268 valence electrons. The lowest BCUT2D eigenvalue weighted by Gasteiger charge is -2.28. The third-order valence-electron chi connectivity index (χ3n) is 11.2. The predicted molar refractivity (Wildman–Crippen MR) is 245 cm³/mol. The fraction of sp³-hybridized carbons (Fsp3) is 0. The Morgan fingerprint density at radius 2 is 0.965 bits per heavy atom. The fourth-order valence-electron chi connectivity index (χ4n) is 8.60. The minimum absolute atomic E-state index is 1.10.